The summed E-state index contributed by atoms with van der Waals surface area (Å²) in [6.45, 7) is 0. The molecule has 1 saturated heterocycles. The molecule has 2 aromatic carbocycles. The number of amides is 2. The van der Waals surface area contributed by atoms with E-state index in [-0.39, 0.29) is 67.4 Å². The van der Waals surface area contributed by atoms with Gasteiger partial charge in [-0.15, -0.1) is 0 Å². The predicted molar refractivity (Wildman–Crippen MR) is 160 cm³/mol. The number of phenolic OH excluding ortho intramolecular Hbond substituents is 1. The maximum absolute atomic E-state index is 14.0. The lowest BCUT2D eigenvalue weighted by Crippen LogP contribution is -2.39. The maximum Gasteiger partial charge on any atom is 0.269 e. The lowest BCUT2D eigenvalue weighted by atomic mass is 9.59. The van der Waals surface area contributed by atoms with Crippen LogP contribution in [0.4, 0.5) is 11.4 Å². The Balaban J connectivity index is 1.50. The number of non-ortho nitro benzene ring substituents is 1. The number of benzene rings is 2. The lowest BCUT2D eigenvalue weighted by molar-refractivity contribution is -0.384. The van der Waals surface area contributed by atoms with Crippen molar-refractivity contribution in [3.05, 3.63) is 88.3 Å². The van der Waals surface area contributed by atoms with Gasteiger partial charge in [0.15, 0.2) is 23.1 Å². The number of anilines is 1. The number of phenols is 1. The number of fused-ring (bicyclic) bond motifs is 3. The standard InChI is InChI=1S/C29H19Br3N2O8/c1-42-20-9-16(24(31)25(32)27(20)37)21-13-6-7-14-22(15(13)8-17-23(21)19(35)10-18(30)26(17)36)29(39)33(28(14)38)11-2-4-12(5-3-11)34(40)41/h2-6,9-10,14-15,21-22,37H,7-8H2,1H3/t14-,15+,21+,22-/m0/s1. The van der Waals surface area contributed by atoms with Gasteiger partial charge in [-0.2, -0.15) is 0 Å². The molecule has 0 unspecified atom stereocenters. The van der Waals surface area contributed by atoms with Gasteiger partial charge in [0, 0.05) is 39.7 Å². The van der Waals surface area contributed by atoms with E-state index in [0.717, 1.165) is 10.5 Å². The number of methoxy groups -OCH3 is 1. The van der Waals surface area contributed by atoms with Crippen LogP contribution >= 0.6 is 47.8 Å². The van der Waals surface area contributed by atoms with Crippen molar-refractivity contribution in [2.24, 2.45) is 17.8 Å². The van der Waals surface area contributed by atoms with Crippen LogP contribution in [0.3, 0.4) is 0 Å². The van der Waals surface area contributed by atoms with E-state index in [0.29, 0.717) is 10.0 Å². The normalized spacial score (nSPS) is 25.1. The van der Waals surface area contributed by atoms with E-state index >= 15 is 0 Å². The third-order valence-electron chi connectivity index (χ3n) is 8.35. The number of hydrogen-bond acceptors (Lipinski definition) is 8. The molecule has 4 atom stereocenters. The number of carbonyl (C=O) groups is 4. The van der Waals surface area contributed by atoms with Crippen molar-refractivity contribution < 1.29 is 33.9 Å². The van der Waals surface area contributed by atoms with Gasteiger partial charge in [-0.1, -0.05) is 11.6 Å². The van der Waals surface area contributed by atoms with Gasteiger partial charge >= 0.3 is 0 Å². The first-order valence-electron chi connectivity index (χ1n) is 12.7. The monoisotopic (exact) mass is 760 g/mol. The minimum Gasteiger partial charge on any atom is -0.503 e. The smallest absolute Gasteiger partial charge is 0.269 e. The van der Waals surface area contributed by atoms with Crippen LogP contribution in [0.25, 0.3) is 0 Å². The number of Topliss-reactive ketones (excluding diaryl/α,β-unsaturated/α-hetero) is 1. The molecule has 0 bridgehead atoms. The second kappa shape index (κ2) is 10.4. The Kier molecular flexibility index (Phi) is 7.09. The Morgan fingerprint density at radius 2 is 1.71 bits per heavy atom. The summed E-state index contributed by atoms with van der Waals surface area (Å²) in [5.41, 5.74) is 1.83. The van der Waals surface area contributed by atoms with Crippen molar-refractivity contribution in [3.8, 4) is 11.5 Å². The molecule has 6 rings (SSSR count). The van der Waals surface area contributed by atoms with Crippen LogP contribution in [0.15, 0.2) is 72.6 Å². The number of nitro groups is 1. The van der Waals surface area contributed by atoms with Gasteiger partial charge < -0.3 is 9.84 Å². The molecule has 2 amide bonds. The maximum atomic E-state index is 14.0. The molecule has 1 fully saturated rings. The summed E-state index contributed by atoms with van der Waals surface area (Å²) in [5, 5.41) is 21.7. The molecule has 10 nitrogen and oxygen atoms in total. The minimum absolute atomic E-state index is 0.0769. The third-order valence-corrected chi connectivity index (χ3v) is 11.1. The average molecular weight is 763 g/mol. The number of nitro benzene ring substituents is 1. The summed E-state index contributed by atoms with van der Waals surface area (Å²) in [4.78, 5) is 66.2. The van der Waals surface area contributed by atoms with E-state index in [1.807, 2.05) is 6.08 Å². The number of rotatable bonds is 4. The van der Waals surface area contributed by atoms with Gasteiger partial charge in [-0.25, -0.2) is 0 Å². The molecule has 0 radical (unpaired) electrons. The first-order valence-corrected chi connectivity index (χ1v) is 15.1. The van der Waals surface area contributed by atoms with Gasteiger partial charge in [0.1, 0.15) is 0 Å². The number of imide groups is 1. The highest BCUT2D eigenvalue weighted by Gasteiger charge is 2.57. The summed E-state index contributed by atoms with van der Waals surface area (Å²) < 4.78 is 6.22. The van der Waals surface area contributed by atoms with Crippen LogP contribution < -0.4 is 9.64 Å². The number of hydrogen-bond donors (Lipinski definition) is 1. The fraction of sp³-hybridized carbons (Fsp3) is 0.241. The van der Waals surface area contributed by atoms with Crippen LogP contribution in [0.5, 0.6) is 11.5 Å². The van der Waals surface area contributed by atoms with Crippen LogP contribution in [-0.4, -0.2) is 40.5 Å². The molecule has 2 aromatic rings. The largest absolute Gasteiger partial charge is 0.503 e. The fourth-order valence-electron chi connectivity index (χ4n) is 6.52. The quantitative estimate of drug-likeness (QED) is 0.135. The van der Waals surface area contributed by atoms with Crippen LogP contribution in [0.2, 0.25) is 0 Å². The Morgan fingerprint density at radius 3 is 2.36 bits per heavy atom. The van der Waals surface area contributed by atoms with Crippen molar-refractivity contribution >= 4 is 82.5 Å². The molecule has 0 saturated carbocycles. The van der Waals surface area contributed by atoms with E-state index in [1.165, 1.54) is 37.5 Å². The molecule has 1 aliphatic heterocycles. The Labute approximate surface area is 263 Å². The number of allylic oxidation sites excluding steroid dienone is 6. The molecule has 214 valence electrons. The highest BCUT2D eigenvalue weighted by atomic mass is 79.9. The Bertz CT molecular complexity index is 1740. The molecule has 0 aromatic heterocycles. The van der Waals surface area contributed by atoms with Crippen LogP contribution in [0, 0.1) is 27.9 Å². The van der Waals surface area contributed by atoms with Gasteiger partial charge in [0.25, 0.3) is 5.69 Å². The first kappa shape index (κ1) is 28.7. The summed E-state index contributed by atoms with van der Waals surface area (Å²) in [7, 11) is 1.39. The van der Waals surface area contributed by atoms with Gasteiger partial charge in [0.05, 0.1) is 38.5 Å². The average Bonchev–Trinajstić information content (AvgIpc) is 3.23. The first-order chi connectivity index (χ1) is 20.0. The molecular formula is C29H19Br3N2O8. The molecule has 3 aliphatic carbocycles. The summed E-state index contributed by atoms with van der Waals surface area (Å²) in [6.07, 6.45) is 3.41. The molecule has 1 N–H and O–H groups in total. The van der Waals surface area contributed by atoms with Crippen molar-refractivity contribution in [1.82, 2.24) is 0 Å². The second-order valence-electron chi connectivity index (χ2n) is 10.3. The number of carbonyl (C=O) groups excluding carboxylic acids is 4. The number of ether oxygens (including phenoxy) is 1. The van der Waals surface area contributed by atoms with E-state index < -0.39 is 40.4 Å². The zero-order valence-corrected chi connectivity index (χ0v) is 26.4. The Morgan fingerprint density at radius 1 is 1.02 bits per heavy atom. The van der Waals surface area contributed by atoms with E-state index in [4.69, 9.17) is 4.74 Å². The topological polar surface area (TPSA) is 144 Å². The molecule has 4 aliphatic rings. The van der Waals surface area contributed by atoms with E-state index in [1.54, 1.807) is 6.07 Å². The van der Waals surface area contributed by atoms with Crippen molar-refractivity contribution in [2.45, 2.75) is 18.8 Å². The number of aromatic hydroxyl groups is 1. The SMILES string of the molecule is COc1cc([C@H]2C3=CC[C@@H]4C(=O)N(c5ccc([N+](=O)[O-])cc5)C(=O)[C@@H]4[C@@H]3CC3=C2C(=O)C=C(Br)C3=O)c(Br)c(Br)c1O. The van der Waals surface area contributed by atoms with Gasteiger partial charge in [0.2, 0.25) is 11.8 Å². The van der Waals surface area contributed by atoms with Crippen LogP contribution in [0.1, 0.15) is 24.3 Å². The van der Waals surface area contributed by atoms with Crippen molar-refractivity contribution in [2.75, 3.05) is 12.0 Å². The minimum atomic E-state index is -0.821. The van der Waals surface area contributed by atoms with Crippen LogP contribution in [-0.2, 0) is 19.2 Å². The zero-order chi connectivity index (χ0) is 30.2. The lowest BCUT2D eigenvalue weighted by Gasteiger charge is -2.42. The number of nitrogens with zero attached hydrogens (tertiary/aromatic N) is 2. The van der Waals surface area contributed by atoms with Crippen molar-refractivity contribution in [1.29, 1.82) is 0 Å². The van der Waals surface area contributed by atoms with E-state index in [9.17, 15) is 34.4 Å². The number of ketones is 2. The molecule has 0 spiro atoms. The molecular weight excluding hydrogens is 744 g/mol. The summed E-state index contributed by atoms with van der Waals surface area (Å²) in [6, 6.07) is 6.79. The van der Waals surface area contributed by atoms with Gasteiger partial charge in [-0.3, -0.25) is 34.2 Å². The summed E-state index contributed by atoms with van der Waals surface area (Å²) >= 11 is 10.1. The fourth-order valence-corrected chi connectivity index (χ4v) is 7.92. The molecule has 1 heterocycles. The molecule has 42 heavy (non-hydrogen) atoms. The number of halogens is 3. The predicted octanol–water partition coefficient (Wildman–Crippen LogP) is 5.80. The van der Waals surface area contributed by atoms with Gasteiger partial charge in [-0.05, 0) is 90.3 Å². The van der Waals surface area contributed by atoms with Crippen molar-refractivity contribution in [3.63, 3.8) is 0 Å². The summed E-state index contributed by atoms with van der Waals surface area (Å²) in [5.74, 6) is -4.53. The second-order valence-corrected chi connectivity index (χ2v) is 12.8. The Hall–Kier alpha value is -3.42. The van der Waals surface area contributed by atoms with E-state index in [2.05, 4.69) is 47.8 Å². The highest BCUT2D eigenvalue weighted by Crippen LogP contribution is 2.58. The zero-order valence-electron chi connectivity index (χ0n) is 21.6. The highest BCUT2D eigenvalue weighted by molar-refractivity contribution is 9.13. The third kappa shape index (κ3) is 4.15. The molecule has 13 heteroatoms.